The highest BCUT2D eigenvalue weighted by Gasteiger charge is 2.42. The van der Waals surface area contributed by atoms with Crippen molar-refractivity contribution in [2.24, 2.45) is 0 Å². The summed E-state index contributed by atoms with van der Waals surface area (Å²) in [6.45, 7) is 2.41. The zero-order valence-electron chi connectivity index (χ0n) is 16.0. The number of hydrogen-bond acceptors (Lipinski definition) is 5. The Labute approximate surface area is 170 Å². The quantitative estimate of drug-likeness (QED) is 0.695. The number of pyridine rings is 1. The minimum atomic E-state index is -3.50. The van der Waals surface area contributed by atoms with E-state index >= 15 is 0 Å². The second-order valence-corrected chi connectivity index (χ2v) is 9.32. The summed E-state index contributed by atoms with van der Waals surface area (Å²) in [4.78, 5) is 6.90. The van der Waals surface area contributed by atoms with Crippen molar-refractivity contribution in [3.63, 3.8) is 0 Å². The SMILES string of the molecule is O=S1(=O)NC2(CCN(Cc3cccn3-c3cccnc3)CC2)Nc2ccccc21. The highest BCUT2D eigenvalue weighted by molar-refractivity contribution is 7.89. The van der Waals surface area contributed by atoms with Crippen molar-refractivity contribution in [2.45, 2.75) is 29.9 Å². The highest BCUT2D eigenvalue weighted by Crippen LogP contribution is 2.35. The van der Waals surface area contributed by atoms with Gasteiger partial charge in [0.15, 0.2) is 0 Å². The zero-order valence-corrected chi connectivity index (χ0v) is 16.8. The Morgan fingerprint density at radius 2 is 1.86 bits per heavy atom. The number of aromatic nitrogens is 2. The minimum Gasteiger partial charge on any atom is -0.365 e. The average Bonchev–Trinajstić information content (AvgIpc) is 3.18. The first-order valence-corrected chi connectivity index (χ1v) is 11.2. The van der Waals surface area contributed by atoms with E-state index in [9.17, 15) is 8.42 Å². The first kappa shape index (κ1) is 18.4. The lowest BCUT2D eigenvalue weighted by Crippen LogP contribution is -2.61. The molecular weight excluding hydrogens is 386 g/mol. The minimum absolute atomic E-state index is 0.322. The van der Waals surface area contributed by atoms with Crippen LogP contribution in [0.25, 0.3) is 5.69 Å². The first-order valence-electron chi connectivity index (χ1n) is 9.75. The van der Waals surface area contributed by atoms with E-state index in [0.29, 0.717) is 23.4 Å². The Morgan fingerprint density at radius 1 is 1.03 bits per heavy atom. The summed E-state index contributed by atoms with van der Waals surface area (Å²) in [5.74, 6) is 0. The molecule has 2 aliphatic rings. The molecule has 1 spiro atoms. The van der Waals surface area contributed by atoms with E-state index in [1.165, 1.54) is 5.69 Å². The molecule has 0 bridgehead atoms. The topological polar surface area (TPSA) is 79.3 Å². The van der Waals surface area contributed by atoms with E-state index in [1.54, 1.807) is 18.3 Å². The van der Waals surface area contributed by atoms with E-state index < -0.39 is 15.7 Å². The van der Waals surface area contributed by atoms with Crippen molar-refractivity contribution in [2.75, 3.05) is 18.4 Å². The van der Waals surface area contributed by atoms with Gasteiger partial charge in [-0.2, -0.15) is 4.72 Å². The van der Waals surface area contributed by atoms with Crippen LogP contribution in [0.15, 0.2) is 72.0 Å². The summed E-state index contributed by atoms with van der Waals surface area (Å²) in [6, 6.07) is 15.2. The maximum absolute atomic E-state index is 12.7. The number of nitrogens with one attached hydrogen (secondary N) is 2. The van der Waals surface area contributed by atoms with E-state index in [1.807, 2.05) is 42.7 Å². The number of hydrogen-bond donors (Lipinski definition) is 2. The number of piperidine rings is 1. The van der Waals surface area contributed by atoms with Crippen LogP contribution in [0.1, 0.15) is 18.5 Å². The van der Waals surface area contributed by atoms with E-state index in [0.717, 1.165) is 25.3 Å². The molecule has 1 saturated heterocycles. The third-order valence-electron chi connectivity index (χ3n) is 5.73. The Hall–Kier alpha value is -2.68. The highest BCUT2D eigenvalue weighted by atomic mass is 32.2. The number of fused-ring (bicyclic) bond motifs is 1. The summed E-state index contributed by atoms with van der Waals surface area (Å²) < 4.78 is 30.5. The molecule has 1 fully saturated rings. The monoisotopic (exact) mass is 409 g/mol. The number of nitrogens with zero attached hydrogens (tertiary/aromatic N) is 3. The molecule has 0 unspecified atom stereocenters. The average molecular weight is 410 g/mol. The van der Waals surface area contributed by atoms with Crippen molar-refractivity contribution >= 4 is 15.7 Å². The van der Waals surface area contributed by atoms with Crippen molar-refractivity contribution in [1.82, 2.24) is 19.2 Å². The predicted octanol–water partition coefficient (Wildman–Crippen LogP) is 2.57. The molecule has 1 aromatic carbocycles. The van der Waals surface area contributed by atoms with Crippen LogP contribution in [-0.2, 0) is 16.6 Å². The number of likely N-dealkylation sites (tertiary alicyclic amines) is 1. The van der Waals surface area contributed by atoms with Crippen LogP contribution < -0.4 is 10.0 Å². The molecule has 4 heterocycles. The fourth-order valence-corrected chi connectivity index (χ4v) is 5.79. The molecule has 150 valence electrons. The molecule has 5 rings (SSSR count). The van der Waals surface area contributed by atoms with Gasteiger partial charge in [0.2, 0.25) is 10.0 Å². The van der Waals surface area contributed by atoms with Crippen LogP contribution in [0.4, 0.5) is 5.69 Å². The molecule has 0 amide bonds. The number of anilines is 1. The fourth-order valence-electron chi connectivity index (χ4n) is 4.24. The summed E-state index contributed by atoms with van der Waals surface area (Å²) in [7, 11) is -3.50. The number of benzene rings is 1. The van der Waals surface area contributed by atoms with E-state index in [4.69, 9.17) is 0 Å². The molecule has 7 nitrogen and oxygen atoms in total. The van der Waals surface area contributed by atoms with Crippen LogP contribution >= 0.6 is 0 Å². The second kappa shape index (κ2) is 6.98. The summed E-state index contributed by atoms with van der Waals surface area (Å²) >= 11 is 0. The van der Waals surface area contributed by atoms with Gasteiger partial charge < -0.3 is 9.88 Å². The van der Waals surface area contributed by atoms with Gasteiger partial charge in [-0.15, -0.1) is 0 Å². The smallest absolute Gasteiger partial charge is 0.244 e. The Kier molecular flexibility index (Phi) is 4.42. The molecule has 2 N–H and O–H groups in total. The molecule has 0 aliphatic carbocycles. The van der Waals surface area contributed by atoms with Crippen molar-refractivity contribution < 1.29 is 8.42 Å². The third kappa shape index (κ3) is 3.43. The summed E-state index contributed by atoms with van der Waals surface area (Å²) in [5.41, 5.74) is 2.30. The Morgan fingerprint density at radius 3 is 2.66 bits per heavy atom. The van der Waals surface area contributed by atoms with Crippen LogP contribution in [-0.4, -0.2) is 41.6 Å². The normalized spacial score (nSPS) is 20.1. The fraction of sp³-hybridized carbons (Fsp3) is 0.286. The lowest BCUT2D eigenvalue weighted by Gasteiger charge is -2.45. The third-order valence-corrected chi connectivity index (χ3v) is 7.33. The molecule has 3 aromatic rings. The Bertz CT molecular complexity index is 1120. The van der Waals surface area contributed by atoms with Gasteiger partial charge in [-0.25, -0.2) is 8.42 Å². The van der Waals surface area contributed by atoms with Gasteiger partial charge in [0.1, 0.15) is 10.6 Å². The van der Waals surface area contributed by atoms with Crippen molar-refractivity contribution in [3.8, 4) is 5.69 Å². The summed E-state index contributed by atoms with van der Waals surface area (Å²) in [5, 5.41) is 3.45. The standard InChI is InChI=1S/C21H23N5O2S/c27-29(28)20-8-2-1-7-19(20)23-21(24-29)9-13-25(14-10-21)16-18-6-4-12-26(18)17-5-3-11-22-15-17/h1-8,11-12,15,23-24H,9-10,13-14,16H2. The predicted molar refractivity (Wildman–Crippen MR) is 111 cm³/mol. The second-order valence-electron chi connectivity index (χ2n) is 7.67. The molecule has 0 atom stereocenters. The summed E-state index contributed by atoms with van der Waals surface area (Å²) in [6.07, 6.45) is 7.08. The molecule has 2 aliphatic heterocycles. The maximum Gasteiger partial charge on any atom is 0.244 e. The Balaban J connectivity index is 1.31. The van der Waals surface area contributed by atoms with Crippen LogP contribution in [0, 0.1) is 0 Å². The zero-order chi connectivity index (χ0) is 19.9. The van der Waals surface area contributed by atoms with Gasteiger partial charge in [-0.1, -0.05) is 12.1 Å². The molecule has 0 saturated carbocycles. The molecule has 0 radical (unpaired) electrons. The van der Waals surface area contributed by atoms with Gasteiger partial charge in [0.25, 0.3) is 0 Å². The van der Waals surface area contributed by atoms with E-state index in [2.05, 4.69) is 30.6 Å². The van der Waals surface area contributed by atoms with Crippen molar-refractivity contribution in [3.05, 3.63) is 72.8 Å². The number of para-hydroxylation sites is 1. The molecular formula is C21H23N5O2S. The van der Waals surface area contributed by atoms with Crippen LogP contribution in [0.3, 0.4) is 0 Å². The largest absolute Gasteiger partial charge is 0.365 e. The van der Waals surface area contributed by atoms with Gasteiger partial charge in [-0.3, -0.25) is 9.88 Å². The van der Waals surface area contributed by atoms with E-state index in [-0.39, 0.29) is 0 Å². The lowest BCUT2D eigenvalue weighted by molar-refractivity contribution is 0.157. The molecule has 8 heteroatoms. The van der Waals surface area contributed by atoms with Gasteiger partial charge in [0, 0.05) is 37.7 Å². The first-order chi connectivity index (χ1) is 14.0. The number of sulfonamides is 1. The van der Waals surface area contributed by atoms with Gasteiger partial charge in [0.05, 0.1) is 17.6 Å². The lowest BCUT2D eigenvalue weighted by atomic mass is 9.97. The van der Waals surface area contributed by atoms with Crippen molar-refractivity contribution in [1.29, 1.82) is 0 Å². The molecule has 2 aromatic heterocycles. The maximum atomic E-state index is 12.7. The van der Waals surface area contributed by atoms with Gasteiger partial charge >= 0.3 is 0 Å². The number of rotatable bonds is 3. The van der Waals surface area contributed by atoms with Gasteiger partial charge in [-0.05, 0) is 49.2 Å². The molecule has 29 heavy (non-hydrogen) atoms. The van der Waals surface area contributed by atoms with Crippen LogP contribution in [0.5, 0.6) is 0 Å². The van der Waals surface area contributed by atoms with Crippen LogP contribution in [0.2, 0.25) is 0 Å².